The van der Waals surface area contributed by atoms with Gasteiger partial charge in [0, 0.05) is 36.8 Å². The molecule has 0 saturated carbocycles. The molecule has 0 bridgehead atoms. The van der Waals surface area contributed by atoms with Crippen molar-refractivity contribution in [2.24, 2.45) is 0 Å². The summed E-state index contributed by atoms with van der Waals surface area (Å²) in [7, 11) is 0. The molecular formula is C15H20FN5O3. The molecule has 2 N–H and O–H groups in total. The van der Waals surface area contributed by atoms with Crippen LogP contribution in [0.5, 0.6) is 0 Å². The quantitative estimate of drug-likeness (QED) is 0.866. The minimum atomic E-state index is -0.905. The summed E-state index contributed by atoms with van der Waals surface area (Å²) in [5, 5.41) is 12.8. The highest BCUT2D eigenvalue weighted by Gasteiger charge is 2.32. The van der Waals surface area contributed by atoms with Gasteiger partial charge in [0.15, 0.2) is 5.82 Å². The minimum absolute atomic E-state index is 0.0848. The molecule has 0 aromatic carbocycles. The van der Waals surface area contributed by atoms with E-state index in [1.54, 1.807) is 13.1 Å². The van der Waals surface area contributed by atoms with Crippen molar-refractivity contribution in [2.75, 3.05) is 18.4 Å². The number of anilines is 1. The highest BCUT2D eigenvalue weighted by Crippen LogP contribution is 2.23. The predicted molar refractivity (Wildman–Crippen MR) is 83.2 cm³/mol. The Kier molecular flexibility index (Phi) is 4.79. The number of carbonyl (C=O) groups excluding carboxylic acids is 1. The Morgan fingerprint density at radius 3 is 3.00 bits per heavy atom. The fourth-order valence-electron chi connectivity index (χ4n) is 2.79. The minimum Gasteiger partial charge on any atom is -0.362 e. The monoisotopic (exact) mass is 337 g/mol. The van der Waals surface area contributed by atoms with Gasteiger partial charge in [-0.3, -0.25) is 10.2 Å². The molecular weight excluding hydrogens is 317 g/mol. The van der Waals surface area contributed by atoms with Crippen LogP contribution in [0.3, 0.4) is 0 Å². The summed E-state index contributed by atoms with van der Waals surface area (Å²) in [6, 6.07) is -0.478. The number of hydrogen-bond acceptors (Lipinski definition) is 6. The van der Waals surface area contributed by atoms with Crippen LogP contribution in [-0.4, -0.2) is 46.5 Å². The van der Waals surface area contributed by atoms with E-state index in [1.807, 2.05) is 11.8 Å². The van der Waals surface area contributed by atoms with Gasteiger partial charge in [0.25, 0.3) is 0 Å². The molecule has 0 radical (unpaired) electrons. The molecule has 2 aromatic rings. The summed E-state index contributed by atoms with van der Waals surface area (Å²) in [5.41, 5.74) is 1.66. The van der Waals surface area contributed by atoms with E-state index in [-0.39, 0.29) is 6.04 Å². The molecule has 0 unspecified atom stereocenters. The van der Waals surface area contributed by atoms with Crippen LogP contribution in [0.1, 0.15) is 23.3 Å². The summed E-state index contributed by atoms with van der Waals surface area (Å²) in [6.07, 6.45) is 2.57. The van der Waals surface area contributed by atoms with Gasteiger partial charge in [-0.25, -0.2) is 9.18 Å². The van der Waals surface area contributed by atoms with Crippen molar-refractivity contribution < 1.29 is 18.2 Å². The number of halogens is 1. The number of likely N-dealkylation sites (tertiary alicyclic amines) is 1. The second-order valence-electron chi connectivity index (χ2n) is 6.00. The first-order chi connectivity index (χ1) is 11.5. The van der Waals surface area contributed by atoms with Gasteiger partial charge in [-0.2, -0.15) is 0 Å². The van der Waals surface area contributed by atoms with E-state index in [1.165, 1.54) is 6.26 Å². The first kappa shape index (κ1) is 16.4. The number of nitrogens with one attached hydrogen (secondary N) is 2. The third-order valence-electron chi connectivity index (χ3n) is 4.18. The van der Waals surface area contributed by atoms with Crippen molar-refractivity contribution in [3.63, 3.8) is 0 Å². The Labute approximate surface area is 138 Å². The lowest BCUT2D eigenvalue weighted by atomic mass is 10.2. The number of aromatic nitrogens is 2. The van der Waals surface area contributed by atoms with Gasteiger partial charge in [0.2, 0.25) is 0 Å². The van der Waals surface area contributed by atoms with E-state index >= 15 is 0 Å². The Morgan fingerprint density at radius 2 is 2.33 bits per heavy atom. The lowest BCUT2D eigenvalue weighted by molar-refractivity contribution is 0.223. The maximum Gasteiger partial charge on any atom is 0.320 e. The van der Waals surface area contributed by atoms with E-state index < -0.39 is 12.2 Å². The van der Waals surface area contributed by atoms with Crippen LogP contribution in [0.25, 0.3) is 0 Å². The Hall–Kier alpha value is -2.42. The van der Waals surface area contributed by atoms with E-state index in [0.717, 1.165) is 16.9 Å². The van der Waals surface area contributed by atoms with Crippen molar-refractivity contribution in [2.45, 2.75) is 39.0 Å². The van der Waals surface area contributed by atoms with Crippen molar-refractivity contribution in [1.29, 1.82) is 0 Å². The zero-order valence-corrected chi connectivity index (χ0v) is 13.6. The van der Waals surface area contributed by atoms with Crippen LogP contribution in [0.4, 0.5) is 15.0 Å². The first-order valence-electron chi connectivity index (χ1n) is 7.77. The van der Waals surface area contributed by atoms with Gasteiger partial charge in [0.05, 0.1) is 6.20 Å². The fraction of sp³-hybridized carbons (Fsp3) is 0.533. The predicted octanol–water partition coefficient (Wildman–Crippen LogP) is 2.01. The van der Waals surface area contributed by atoms with E-state index in [4.69, 9.17) is 9.05 Å². The topological polar surface area (TPSA) is 96.4 Å². The molecule has 3 heterocycles. The second-order valence-corrected chi connectivity index (χ2v) is 6.00. The largest absolute Gasteiger partial charge is 0.362 e. The third-order valence-corrected chi connectivity index (χ3v) is 4.18. The number of nitrogens with zero attached hydrogens (tertiary/aromatic N) is 3. The normalized spacial score (nSPS) is 21.1. The zero-order chi connectivity index (χ0) is 17.1. The van der Waals surface area contributed by atoms with Gasteiger partial charge in [0.1, 0.15) is 18.2 Å². The number of alkyl halides is 1. The number of carbonyl (C=O) groups is 1. The van der Waals surface area contributed by atoms with Crippen molar-refractivity contribution in [1.82, 2.24) is 20.5 Å². The van der Waals surface area contributed by atoms with Crippen LogP contribution in [0, 0.1) is 13.8 Å². The Balaban J connectivity index is 1.53. The molecule has 1 fully saturated rings. The summed E-state index contributed by atoms with van der Waals surface area (Å²) < 4.78 is 23.6. The van der Waals surface area contributed by atoms with E-state index in [0.29, 0.717) is 31.9 Å². The first-order valence-corrected chi connectivity index (χ1v) is 7.77. The van der Waals surface area contributed by atoms with Crippen molar-refractivity contribution in [3.05, 3.63) is 29.3 Å². The molecule has 1 saturated heterocycles. The van der Waals surface area contributed by atoms with Crippen molar-refractivity contribution in [3.8, 4) is 0 Å². The lowest BCUT2D eigenvalue weighted by Crippen LogP contribution is -2.41. The van der Waals surface area contributed by atoms with Gasteiger partial charge >= 0.3 is 6.03 Å². The average Bonchev–Trinajstić information content (AvgIpc) is 3.21. The average molecular weight is 337 g/mol. The molecule has 1 aliphatic rings. The second kappa shape index (κ2) is 7.00. The van der Waals surface area contributed by atoms with Crippen LogP contribution in [0.15, 0.2) is 21.5 Å². The summed E-state index contributed by atoms with van der Waals surface area (Å²) in [5.74, 6) is 1.10. The van der Waals surface area contributed by atoms with Crippen molar-refractivity contribution >= 4 is 11.8 Å². The molecule has 24 heavy (non-hydrogen) atoms. The number of urea groups is 1. The molecule has 9 heteroatoms. The van der Waals surface area contributed by atoms with Crippen LogP contribution < -0.4 is 10.6 Å². The molecule has 2 amide bonds. The van der Waals surface area contributed by atoms with Gasteiger partial charge in [-0.05, 0) is 20.3 Å². The summed E-state index contributed by atoms with van der Waals surface area (Å²) in [4.78, 5) is 13.9. The SMILES string of the molecule is Cc1conc1NC(=O)NC[C@@H]1C[C@H](F)CN1Cc1cnoc1C. The van der Waals surface area contributed by atoms with Gasteiger partial charge in [-0.15, -0.1) is 0 Å². The van der Waals surface area contributed by atoms with Gasteiger partial charge in [-0.1, -0.05) is 10.3 Å². The molecule has 3 rings (SSSR count). The fourth-order valence-corrected chi connectivity index (χ4v) is 2.79. The molecule has 2 atom stereocenters. The number of amides is 2. The molecule has 1 aliphatic heterocycles. The third kappa shape index (κ3) is 3.73. The number of rotatable bonds is 5. The molecule has 8 nitrogen and oxygen atoms in total. The van der Waals surface area contributed by atoms with E-state index in [2.05, 4.69) is 20.9 Å². The van der Waals surface area contributed by atoms with E-state index in [9.17, 15) is 9.18 Å². The van der Waals surface area contributed by atoms with Crippen LogP contribution >= 0.6 is 0 Å². The Bertz CT molecular complexity index is 701. The molecule has 130 valence electrons. The molecule has 0 spiro atoms. The standard InChI is InChI=1S/C15H20FN5O3/c1-9-8-23-20-14(9)19-15(22)17-5-13-3-12(16)7-21(13)6-11-4-18-24-10(11)2/h4,8,12-13H,3,5-7H2,1-2H3,(H2,17,19,20,22)/t12-,13-/m0/s1. The lowest BCUT2D eigenvalue weighted by Gasteiger charge is -2.23. The summed E-state index contributed by atoms with van der Waals surface area (Å²) in [6.45, 7) is 4.83. The number of aryl methyl sites for hydroxylation is 2. The van der Waals surface area contributed by atoms with Gasteiger partial charge < -0.3 is 14.4 Å². The highest BCUT2D eigenvalue weighted by atomic mass is 19.1. The highest BCUT2D eigenvalue weighted by molar-refractivity contribution is 5.88. The smallest absolute Gasteiger partial charge is 0.320 e. The molecule has 2 aromatic heterocycles. The molecule has 0 aliphatic carbocycles. The number of hydrogen-bond donors (Lipinski definition) is 2. The van der Waals surface area contributed by atoms with Crippen LogP contribution in [-0.2, 0) is 6.54 Å². The maximum absolute atomic E-state index is 13.8. The Morgan fingerprint density at radius 1 is 1.50 bits per heavy atom. The zero-order valence-electron chi connectivity index (χ0n) is 13.6. The summed E-state index contributed by atoms with van der Waals surface area (Å²) >= 11 is 0. The maximum atomic E-state index is 13.8. The van der Waals surface area contributed by atoms with Crippen LogP contribution in [0.2, 0.25) is 0 Å².